The monoisotopic (exact) mass is 323 g/mol. The number of hydrogen-bond donors (Lipinski definition) is 1. The van der Waals surface area contributed by atoms with Crippen LogP contribution in [-0.4, -0.2) is 54.4 Å². The Morgan fingerprint density at radius 2 is 2.38 bits per heavy atom. The molecule has 3 aliphatic heterocycles. The molecule has 2 fully saturated rings. The van der Waals surface area contributed by atoms with Gasteiger partial charge in [-0.3, -0.25) is 4.79 Å². The number of carbonyl (C=O) groups is 2. The van der Waals surface area contributed by atoms with Crippen LogP contribution in [0.2, 0.25) is 0 Å². The summed E-state index contributed by atoms with van der Waals surface area (Å²) in [5.41, 5.74) is 1.46. The summed E-state index contributed by atoms with van der Waals surface area (Å²) in [6.07, 6.45) is 4.92. The van der Waals surface area contributed by atoms with E-state index in [0.717, 1.165) is 29.6 Å². The first-order valence-corrected chi connectivity index (χ1v) is 8.77. The Bertz CT molecular complexity index is 646. The zero-order chi connectivity index (χ0) is 14.6. The molecule has 1 aromatic heterocycles. The van der Waals surface area contributed by atoms with Gasteiger partial charge in [-0.2, -0.15) is 0 Å². The van der Waals surface area contributed by atoms with Crippen molar-refractivity contribution in [2.45, 2.75) is 29.5 Å². The molecule has 2 atom stereocenters. The third-order valence-electron chi connectivity index (χ3n) is 3.87. The number of carboxylic acids is 1. The number of aryl methyl sites for hydroxylation is 1. The van der Waals surface area contributed by atoms with E-state index in [1.54, 1.807) is 11.8 Å². The molecule has 8 heteroatoms. The topological polar surface area (TPSA) is 75.4 Å². The standard InChI is InChI=1S/C13H13N3O3S2/c17-10-8(11-16(10)9(6-21-11)12(18)19)4-7-5-15-2-1-3-20-13(15)14-7/h4-5,9,11H,1-3,6H2,(H,18,19). The highest BCUT2D eigenvalue weighted by atomic mass is 32.2. The van der Waals surface area contributed by atoms with Gasteiger partial charge in [-0.1, -0.05) is 11.8 Å². The van der Waals surface area contributed by atoms with Gasteiger partial charge in [0.1, 0.15) is 11.4 Å². The summed E-state index contributed by atoms with van der Waals surface area (Å²) in [6, 6.07) is -0.685. The number of amides is 1. The van der Waals surface area contributed by atoms with Gasteiger partial charge in [-0.15, -0.1) is 11.8 Å². The number of aromatic nitrogens is 2. The van der Waals surface area contributed by atoms with Crippen molar-refractivity contribution in [1.29, 1.82) is 0 Å². The van der Waals surface area contributed by atoms with Crippen molar-refractivity contribution in [2.24, 2.45) is 0 Å². The Morgan fingerprint density at radius 1 is 1.52 bits per heavy atom. The average molecular weight is 323 g/mol. The zero-order valence-corrected chi connectivity index (χ0v) is 12.7. The minimum Gasteiger partial charge on any atom is -0.480 e. The lowest BCUT2D eigenvalue weighted by molar-refractivity contribution is -0.150. The van der Waals surface area contributed by atoms with Crippen LogP contribution in [-0.2, 0) is 16.1 Å². The van der Waals surface area contributed by atoms with Gasteiger partial charge < -0.3 is 14.6 Å². The third kappa shape index (κ3) is 2.00. The molecule has 1 aromatic rings. The normalized spacial score (nSPS) is 29.2. The first-order valence-electron chi connectivity index (χ1n) is 6.74. The fraction of sp³-hybridized carbons (Fsp3) is 0.462. The maximum absolute atomic E-state index is 12.1. The Morgan fingerprint density at radius 3 is 3.14 bits per heavy atom. The van der Waals surface area contributed by atoms with Crippen LogP contribution in [0.1, 0.15) is 12.1 Å². The molecule has 21 heavy (non-hydrogen) atoms. The number of rotatable bonds is 2. The number of carboxylic acid groups (broad SMARTS) is 1. The minimum atomic E-state index is -0.925. The molecule has 1 N–H and O–H groups in total. The molecule has 2 saturated heterocycles. The van der Waals surface area contributed by atoms with E-state index in [2.05, 4.69) is 9.55 Å². The molecule has 1 amide bonds. The molecular formula is C13H13N3O3S2. The highest BCUT2D eigenvalue weighted by Crippen LogP contribution is 2.43. The van der Waals surface area contributed by atoms with Crippen molar-refractivity contribution < 1.29 is 14.7 Å². The van der Waals surface area contributed by atoms with Crippen molar-refractivity contribution in [3.63, 3.8) is 0 Å². The van der Waals surface area contributed by atoms with Crippen molar-refractivity contribution in [3.8, 4) is 0 Å². The van der Waals surface area contributed by atoms with Gasteiger partial charge in [0.15, 0.2) is 5.16 Å². The zero-order valence-electron chi connectivity index (χ0n) is 11.1. The number of nitrogens with zero attached hydrogens (tertiary/aromatic N) is 3. The van der Waals surface area contributed by atoms with E-state index < -0.39 is 12.0 Å². The number of β-lactam (4-membered cyclic amide) rings is 1. The fourth-order valence-corrected chi connectivity index (χ4v) is 5.18. The summed E-state index contributed by atoms with van der Waals surface area (Å²) in [5, 5.41) is 9.97. The average Bonchev–Trinajstić information content (AvgIpc) is 3.05. The molecule has 0 bridgehead atoms. The first-order chi connectivity index (χ1) is 10.1. The van der Waals surface area contributed by atoms with Gasteiger partial charge in [0, 0.05) is 24.2 Å². The quantitative estimate of drug-likeness (QED) is 0.649. The number of hydrogen-bond acceptors (Lipinski definition) is 5. The fourth-order valence-electron chi connectivity index (χ4n) is 2.83. The third-order valence-corrected chi connectivity index (χ3v) is 6.25. The second-order valence-corrected chi connectivity index (χ2v) is 7.37. The van der Waals surface area contributed by atoms with Crippen LogP contribution in [0.5, 0.6) is 0 Å². The minimum absolute atomic E-state index is 0.120. The Kier molecular flexibility index (Phi) is 3.04. The van der Waals surface area contributed by atoms with E-state index in [-0.39, 0.29) is 11.3 Å². The lowest BCUT2D eigenvalue weighted by Crippen LogP contribution is -2.56. The van der Waals surface area contributed by atoms with Gasteiger partial charge >= 0.3 is 5.97 Å². The molecule has 110 valence electrons. The molecule has 0 radical (unpaired) electrons. The predicted molar refractivity (Wildman–Crippen MR) is 80.1 cm³/mol. The molecule has 0 aliphatic carbocycles. The molecule has 3 aliphatic rings. The van der Waals surface area contributed by atoms with Crippen LogP contribution in [0, 0.1) is 0 Å². The van der Waals surface area contributed by atoms with Crippen LogP contribution in [0.4, 0.5) is 0 Å². The number of aliphatic carboxylic acids is 1. The summed E-state index contributed by atoms with van der Waals surface area (Å²) in [4.78, 5) is 29.2. The van der Waals surface area contributed by atoms with Crippen molar-refractivity contribution in [1.82, 2.24) is 14.5 Å². The first kappa shape index (κ1) is 13.3. The molecule has 4 rings (SSSR count). The van der Waals surface area contributed by atoms with Crippen LogP contribution in [0.25, 0.3) is 6.08 Å². The summed E-state index contributed by atoms with van der Waals surface area (Å²) < 4.78 is 2.11. The largest absolute Gasteiger partial charge is 0.480 e. The SMILES string of the molecule is O=C(O)C1CSC2C(=Cc3cn4c(n3)SCCC4)C(=O)N12. The van der Waals surface area contributed by atoms with Gasteiger partial charge in [0.25, 0.3) is 5.91 Å². The lowest BCUT2D eigenvalue weighted by atomic mass is 10.0. The van der Waals surface area contributed by atoms with Gasteiger partial charge in [-0.25, -0.2) is 9.78 Å². The van der Waals surface area contributed by atoms with E-state index in [1.165, 1.54) is 16.7 Å². The van der Waals surface area contributed by atoms with Crippen LogP contribution in [0.3, 0.4) is 0 Å². The molecule has 0 saturated carbocycles. The second kappa shape index (κ2) is 4.81. The molecule has 4 heterocycles. The second-order valence-electron chi connectivity index (χ2n) is 5.20. The molecule has 0 aromatic carbocycles. The van der Waals surface area contributed by atoms with E-state index in [9.17, 15) is 9.59 Å². The van der Waals surface area contributed by atoms with Crippen molar-refractivity contribution in [2.75, 3.05) is 11.5 Å². The number of thioether (sulfide) groups is 2. The maximum Gasteiger partial charge on any atom is 0.327 e. The van der Waals surface area contributed by atoms with Crippen LogP contribution >= 0.6 is 23.5 Å². The predicted octanol–water partition coefficient (Wildman–Crippen LogP) is 1.13. The number of carbonyl (C=O) groups excluding carboxylic acids is 1. The smallest absolute Gasteiger partial charge is 0.327 e. The Hall–Kier alpha value is -1.41. The van der Waals surface area contributed by atoms with Crippen molar-refractivity contribution in [3.05, 3.63) is 17.5 Å². The number of fused-ring (bicyclic) bond motifs is 2. The summed E-state index contributed by atoms with van der Waals surface area (Å²) >= 11 is 3.24. The molecule has 0 spiro atoms. The molecule has 6 nitrogen and oxygen atoms in total. The van der Waals surface area contributed by atoms with Crippen molar-refractivity contribution >= 4 is 41.5 Å². The van der Waals surface area contributed by atoms with Crippen LogP contribution < -0.4 is 0 Å². The van der Waals surface area contributed by atoms with Gasteiger partial charge in [0.2, 0.25) is 0 Å². The molecular weight excluding hydrogens is 310 g/mol. The van der Waals surface area contributed by atoms with Gasteiger partial charge in [0.05, 0.1) is 11.3 Å². The highest BCUT2D eigenvalue weighted by molar-refractivity contribution is 8.00. The van der Waals surface area contributed by atoms with E-state index in [0.29, 0.717) is 11.3 Å². The lowest BCUT2D eigenvalue weighted by Gasteiger charge is -2.38. The number of imidazole rings is 1. The molecule has 2 unspecified atom stereocenters. The Labute approximate surface area is 129 Å². The Balaban J connectivity index is 1.59. The summed E-state index contributed by atoms with van der Waals surface area (Å²) in [7, 11) is 0. The van der Waals surface area contributed by atoms with E-state index in [1.807, 2.05) is 12.3 Å². The van der Waals surface area contributed by atoms with Gasteiger partial charge in [-0.05, 0) is 12.5 Å². The maximum atomic E-state index is 12.1. The van der Waals surface area contributed by atoms with E-state index in [4.69, 9.17) is 5.11 Å². The summed E-state index contributed by atoms with van der Waals surface area (Å²) in [5.74, 6) is 0.444. The summed E-state index contributed by atoms with van der Waals surface area (Å²) in [6.45, 7) is 0.970. The van der Waals surface area contributed by atoms with Crippen LogP contribution in [0.15, 0.2) is 16.9 Å². The van der Waals surface area contributed by atoms with E-state index >= 15 is 0 Å². The highest BCUT2D eigenvalue weighted by Gasteiger charge is 2.53.